The lowest BCUT2D eigenvalue weighted by molar-refractivity contribution is -0.146. The zero-order valence-corrected chi connectivity index (χ0v) is 13.3. The first-order chi connectivity index (χ1) is 11.3. The standard InChI is InChI=1S/C16H20N2O6/c1-5-11(3)9-23-13(19)7-17-15(21)16(22)18-8-14(20)24-10-12(4)6-2/h5-6H,1-4,7-10H2,(H,17,21)(H,18,22). The molecule has 2 amide bonds. The van der Waals surface area contributed by atoms with Crippen molar-refractivity contribution in [1.82, 2.24) is 10.6 Å². The van der Waals surface area contributed by atoms with E-state index in [9.17, 15) is 19.2 Å². The van der Waals surface area contributed by atoms with E-state index in [-0.39, 0.29) is 13.2 Å². The second-order valence-corrected chi connectivity index (χ2v) is 4.41. The molecule has 0 saturated carbocycles. The number of esters is 2. The molecule has 0 rings (SSSR count). The molecular formula is C16H20N2O6. The van der Waals surface area contributed by atoms with Crippen LogP contribution in [0.2, 0.25) is 0 Å². The Kier molecular flexibility index (Phi) is 9.91. The lowest BCUT2D eigenvalue weighted by atomic mass is 10.3. The highest BCUT2D eigenvalue weighted by Crippen LogP contribution is 1.92. The molecule has 0 unspecified atom stereocenters. The molecule has 0 radical (unpaired) electrons. The Morgan fingerprint density at radius 2 is 1.08 bits per heavy atom. The van der Waals surface area contributed by atoms with Crippen LogP contribution in [-0.2, 0) is 28.7 Å². The highest BCUT2D eigenvalue weighted by Gasteiger charge is 2.16. The second-order valence-electron chi connectivity index (χ2n) is 4.41. The summed E-state index contributed by atoms with van der Waals surface area (Å²) >= 11 is 0. The topological polar surface area (TPSA) is 111 Å². The zero-order valence-electron chi connectivity index (χ0n) is 13.3. The highest BCUT2D eigenvalue weighted by molar-refractivity contribution is 6.35. The van der Waals surface area contributed by atoms with Crippen LogP contribution in [0.5, 0.6) is 0 Å². The summed E-state index contributed by atoms with van der Waals surface area (Å²) in [5.41, 5.74) is 0.982. The van der Waals surface area contributed by atoms with Crippen molar-refractivity contribution in [2.75, 3.05) is 26.3 Å². The number of ether oxygens (including phenoxy) is 2. The summed E-state index contributed by atoms with van der Waals surface area (Å²) in [6, 6.07) is 0. The Balaban J connectivity index is 4.00. The van der Waals surface area contributed by atoms with Crippen molar-refractivity contribution in [2.45, 2.75) is 0 Å². The van der Waals surface area contributed by atoms with Gasteiger partial charge in [0.05, 0.1) is 0 Å². The number of amides is 2. The molecule has 2 N–H and O–H groups in total. The maximum absolute atomic E-state index is 11.4. The first-order valence-electron chi connectivity index (χ1n) is 6.77. The highest BCUT2D eigenvalue weighted by atomic mass is 16.5. The minimum absolute atomic E-state index is 0.0633. The molecule has 0 heterocycles. The molecule has 24 heavy (non-hydrogen) atoms. The maximum atomic E-state index is 11.4. The predicted octanol–water partition coefficient (Wildman–Crippen LogP) is -0.210. The molecule has 0 aliphatic carbocycles. The summed E-state index contributed by atoms with van der Waals surface area (Å²) in [7, 11) is 0. The Hall–Kier alpha value is -3.16. The fourth-order valence-corrected chi connectivity index (χ4v) is 1.03. The maximum Gasteiger partial charge on any atom is 0.325 e. The number of carbonyl (C=O) groups excluding carboxylic acids is 4. The number of hydrogen-bond acceptors (Lipinski definition) is 6. The molecule has 0 saturated heterocycles. The molecule has 0 spiro atoms. The first kappa shape index (κ1) is 20.8. The van der Waals surface area contributed by atoms with Gasteiger partial charge in [-0.3, -0.25) is 19.2 Å². The molecule has 0 aromatic heterocycles. The largest absolute Gasteiger partial charge is 0.460 e. The number of carbonyl (C=O) groups is 4. The van der Waals surface area contributed by atoms with Crippen molar-refractivity contribution in [3.8, 4) is 0 Å². The van der Waals surface area contributed by atoms with Gasteiger partial charge in [0.15, 0.2) is 0 Å². The first-order valence-corrected chi connectivity index (χ1v) is 6.77. The molecule has 0 aliphatic heterocycles. The van der Waals surface area contributed by atoms with E-state index >= 15 is 0 Å². The average Bonchev–Trinajstić information content (AvgIpc) is 2.59. The van der Waals surface area contributed by atoms with E-state index in [1.165, 1.54) is 12.2 Å². The van der Waals surface area contributed by atoms with Gasteiger partial charge in [0.2, 0.25) is 0 Å². The molecule has 8 nitrogen and oxygen atoms in total. The van der Waals surface area contributed by atoms with E-state index < -0.39 is 36.8 Å². The Labute approximate surface area is 139 Å². The summed E-state index contributed by atoms with van der Waals surface area (Å²) < 4.78 is 9.48. The van der Waals surface area contributed by atoms with Gasteiger partial charge in [-0.15, -0.1) is 0 Å². The smallest absolute Gasteiger partial charge is 0.325 e. The second kappa shape index (κ2) is 11.4. The van der Waals surface area contributed by atoms with Gasteiger partial charge in [-0.25, -0.2) is 0 Å². The molecule has 0 aromatic rings. The summed E-state index contributed by atoms with van der Waals surface area (Å²) in [5.74, 6) is -3.67. The lowest BCUT2D eigenvalue weighted by Crippen LogP contribution is -2.44. The number of rotatable bonds is 10. The SMILES string of the molecule is C=CC(=C)COC(=O)CNC(=O)C(=O)NCC(=O)OCC(=C)C=C. The van der Waals surface area contributed by atoms with E-state index in [0.29, 0.717) is 11.1 Å². The number of hydrogen-bond donors (Lipinski definition) is 2. The van der Waals surface area contributed by atoms with Crippen LogP contribution in [0.3, 0.4) is 0 Å². The van der Waals surface area contributed by atoms with Gasteiger partial charge < -0.3 is 20.1 Å². The Bertz CT molecular complexity index is 515. The van der Waals surface area contributed by atoms with Crippen LogP contribution in [-0.4, -0.2) is 50.1 Å². The van der Waals surface area contributed by atoms with Crippen molar-refractivity contribution in [1.29, 1.82) is 0 Å². The van der Waals surface area contributed by atoms with Gasteiger partial charge in [-0.1, -0.05) is 38.5 Å². The average molecular weight is 336 g/mol. The number of nitrogens with one attached hydrogen (secondary N) is 2. The van der Waals surface area contributed by atoms with E-state index in [1.54, 1.807) is 0 Å². The third-order valence-electron chi connectivity index (χ3n) is 2.41. The van der Waals surface area contributed by atoms with Gasteiger partial charge in [-0.2, -0.15) is 0 Å². The van der Waals surface area contributed by atoms with Crippen molar-refractivity contribution in [2.24, 2.45) is 0 Å². The summed E-state index contributed by atoms with van der Waals surface area (Å²) in [4.78, 5) is 45.4. The van der Waals surface area contributed by atoms with Gasteiger partial charge in [-0.05, 0) is 11.1 Å². The van der Waals surface area contributed by atoms with Gasteiger partial charge in [0.25, 0.3) is 0 Å². The molecule has 0 aliphatic rings. The third kappa shape index (κ3) is 9.72. The molecule has 0 aromatic carbocycles. The third-order valence-corrected chi connectivity index (χ3v) is 2.41. The van der Waals surface area contributed by atoms with Crippen molar-refractivity contribution in [3.05, 3.63) is 49.6 Å². The van der Waals surface area contributed by atoms with Crippen LogP contribution in [0.1, 0.15) is 0 Å². The predicted molar refractivity (Wildman–Crippen MR) is 86.6 cm³/mol. The molecule has 8 heteroatoms. The summed E-state index contributed by atoms with van der Waals surface area (Å²) in [6.45, 7) is 12.8. The molecular weight excluding hydrogens is 316 g/mol. The van der Waals surface area contributed by atoms with Crippen LogP contribution in [0.15, 0.2) is 49.6 Å². The van der Waals surface area contributed by atoms with Crippen LogP contribution < -0.4 is 10.6 Å². The zero-order chi connectivity index (χ0) is 18.5. The minimum atomic E-state index is -1.09. The Morgan fingerprint density at radius 1 is 0.750 bits per heavy atom. The van der Waals surface area contributed by atoms with E-state index in [2.05, 4.69) is 26.3 Å². The van der Waals surface area contributed by atoms with E-state index in [1.807, 2.05) is 10.6 Å². The van der Waals surface area contributed by atoms with Crippen LogP contribution in [0.4, 0.5) is 0 Å². The molecule has 0 fully saturated rings. The van der Waals surface area contributed by atoms with Gasteiger partial charge in [0.1, 0.15) is 26.3 Å². The van der Waals surface area contributed by atoms with Crippen molar-refractivity contribution >= 4 is 23.8 Å². The molecule has 130 valence electrons. The van der Waals surface area contributed by atoms with E-state index in [0.717, 1.165) is 0 Å². The fourth-order valence-electron chi connectivity index (χ4n) is 1.03. The lowest BCUT2D eigenvalue weighted by Gasteiger charge is -2.07. The van der Waals surface area contributed by atoms with E-state index in [4.69, 9.17) is 9.47 Å². The van der Waals surface area contributed by atoms with Crippen LogP contribution in [0, 0.1) is 0 Å². The fraction of sp³-hybridized carbons (Fsp3) is 0.250. The summed E-state index contributed by atoms with van der Waals surface area (Å²) in [5, 5.41) is 4.09. The minimum Gasteiger partial charge on any atom is -0.460 e. The summed E-state index contributed by atoms with van der Waals surface area (Å²) in [6.07, 6.45) is 2.84. The van der Waals surface area contributed by atoms with Crippen molar-refractivity contribution in [3.63, 3.8) is 0 Å². The van der Waals surface area contributed by atoms with Gasteiger partial charge >= 0.3 is 23.8 Å². The molecule has 0 bridgehead atoms. The van der Waals surface area contributed by atoms with Crippen LogP contribution >= 0.6 is 0 Å². The normalized spacial score (nSPS) is 9.17. The quantitative estimate of drug-likeness (QED) is 0.324. The molecule has 0 atom stereocenters. The van der Waals surface area contributed by atoms with Gasteiger partial charge in [0, 0.05) is 0 Å². The monoisotopic (exact) mass is 336 g/mol. The Morgan fingerprint density at radius 3 is 1.38 bits per heavy atom. The van der Waals surface area contributed by atoms with Crippen LogP contribution in [0.25, 0.3) is 0 Å². The van der Waals surface area contributed by atoms with Crippen molar-refractivity contribution < 1.29 is 28.7 Å².